The fourth-order valence-corrected chi connectivity index (χ4v) is 1.39. The van der Waals surface area contributed by atoms with Crippen molar-refractivity contribution in [1.29, 1.82) is 0 Å². The summed E-state index contributed by atoms with van der Waals surface area (Å²) in [5, 5.41) is 0. The zero-order valence-electron chi connectivity index (χ0n) is 9.54. The molecular weight excluding hydrogens is 201 g/mol. The van der Waals surface area contributed by atoms with Gasteiger partial charge in [0.25, 0.3) is 0 Å². The van der Waals surface area contributed by atoms with Crippen LogP contribution in [0.4, 0.5) is 4.39 Å². The lowest BCUT2D eigenvalue weighted by molar-refractivity contribution is 0.665. The molecule has 0 fully saturated rings. The van der Waals surface area contributed by atoms with E-state index in [-0.39, 0.29) is 5.83 Å². The van der Waals surface area contributed by atoms with E-state index in [2.05, 4.69) is 18.1 Å². The summed E-state index contributed by atoms with van der Waals surface area (Å²) in [6.07, 6.45) is 5.85. The third-order valence-electron chi connectivity index (χ3n) is 2.34. The van der Waals surface area contributed by atoms with Gasteiger partial charge in [0, 0.05) is 11.9 Å². The standard InChI is InChI=1S/C14H16FN/c1-4-13(15)10-11(2)7-8-14-12(3)6-5-9-16-14/h4-6,9-10H,1-2,7-8H2,3H3. The highest BCUT2D eigenvalue weighted by Gasteiger charge is 2.00. The van der Waals surface area contributed by atoms with E-state index in [0.717, 1.165) is 23.3 Å². The van der Waals surface area contributed by atoms with Crippen LogP contribution in [0.15, 0.2) is 55.0 Å². The van der Waals surface area contributed by atoms with Crippen LogP contribution in [-0.2, 0) is 6.42 Å². The number of aryl methyl sites for hydroxylation is 2. The van der Waals surface area contributed by atoms with Crippen LogP contribution in [0.3, 0.4) is 0 Å². The molecule has 16 heavy (non-hydrogen) atoms. The van der Waals surface area contributed by atoms with Crippen molar-refractivity contribution in [3.05, 3.63) is 66.3 Å². The van der Waals surface area contributed by atoms with Crippen molar-refractivity contribution in [3.8, 4) is 0 Å². The van der Waals surface area contributed by atoms with Gasteiger partial charge in [-0.05, 0) is 43.5 Å². The van der Waals surface area contributed by atoms with Crippen LogP contribution in [0.5, 0.6) is 0 Å². The summed E-state index contributed by atoms with van der Waals surface area (Å²) < 4.78 is 12.9. The smallest absolute Gasteiger partial charge is 0.122 e. The summed E-state index contributed by atoms with van der Waals surface area (Å²) in [6.45, 7) is 9.16. The summed E-state index contributed by atoms with van der Waals surface area (Å²) >= 11 is 0. The average Bonchev–Trinajstić information content (AvgIpc) is 2.28. The first-order valence-corrected chi connectivity index (χ1v) is 5.21. The lowest BCUT2D eigenvalue weighted by Crippen LogP contribution is -1.94. The molecule has 0 aliphatic rings. The Labute approximate surface area is 96.0 Å². The van der Waals surface area contributed by atoms with Gasteiger partial charge >= 0.3 is 0 Å². The van der Waals surface area contributed by atoms with Gasteiger partial charge in [-0.15, -0.1) is 0 Å². The maximum Gasteiger partial charge on any atom is 0.122 e. The Kier molecular flexibility index (Phi) is 4.65. The second-order valence-electron chi connectivity index (χ2n) is 3.66. The SMILES string of the molecule is C=CC(F)=CC(=C)CCc1ncccc1C. The van der Waals surface area contributed by atoms with Crippen molar-refractivity contribution in [2.75, 3.05) is 0 Å². The van der Waals surface area contributed by atoms with Gasteiger partial charge < -0.3 is 0 Å². The quantitative estimate of drug-likeness (QED) is 0.681. The Balaban J connectivity index is 2.56. The third-order valence-corrected chi connectivity index (χ3v) is 2.34. The van der Waals surface area contributed by atoms with Crippen molar-refractivity contribution in [3.63, 3.8) is 0 Å². The van der Waals surface area contributed by atoms with E-state index < -0.39 is 0 Å². The number of nitrogens with zero attached hydrogens (tertiary/aromatic N) is 1. The van der Waals surface area contributed by atoms with Crippen LogP contribution in [0.25, 0.3) is 0 Å². The largest absolute Gasteiger partial charge is 0.261 e. The van der Waals surface area contributed by atoms with Gasteiger partial charge in [-0.3, -0.25) is 4.98 Å². The maximum absolute atomic E-state index is 12.9. The third kappa shape index (κ3) is 3.81. The summed E-state index contributed by atoms with van der Waals surface area (Å²) in [5.41, 5.74) is 2.95. The molecule has 2 heteroatoms. The summed E-state index contributed by atoms with van der Waals surface area (Å²) in [4.78, 5) is 4.27. The number of hydrogen-bond donors (Lipinski definition) is 0. The molecule has 0 N–H and O–H groups in total. The fourth-order valence-electron chi connectivity index (χ4n) is 1.39. The molecule has 0 radical (unpaired) electrons. The predicted molar refractivity (Wildman–Crippen MR) is 65.8 cm³/mol. The van der Waals surface area contributed by atoms with E-state index in [1.807, 2.05) is 19.1 Å². The molecular formula is C14H16FN. The molecule has 0 unspecified atom stereocenters. The second-order valence-corrected chi connectivity index (χ2v) is 3.66. The first-order valence-electron chi connectivity index (χ1n) is 5.21. The molecule has 1 rings (SSSR count). The summed E-state index contributed by atoms with van der Waals surface area (Å²) in [6, 6.07) is 3.93. The zero-order valence-corrected chi connectivity index (χ0v) is 9.54. The molecule has 0 spiro atoms. The molecule has 1 nitrogen and oxygen atoms in total. The van der Waals surface area contributed by atoms with E-state index in [4.69, 9.17) is 0 Å². The van der Waals surface area contributed by atoms with Crippen LogP contribution in [0.2, 0.25) is 0 Å². The van der Waals surface area contributed by atoms with E-state index in [1.165, 1.54) is 12.2 Å². The van der Waals surface area contributed by atoms with Gasteiger partial charge in [0.15, 0.2) is 0 Å². The number of allylic oxidation sites excluding steroid dienone is 4. The zero-order chi connectivity index (χ0) is 12.0. The summed E-state index contributed by atoms with van der Waals surface area (Å²) in [5.74, 6) is -0.345. The highest BCUT2D eigenvalue weighted by atomic mass is 19.1. The number of rotatable bonds is 5. The van der Waals surface area contributed by atoms with Crippen LogP contribution in [0, 0.1) is 6.92 Å². The number of aromatic nitrogens is 1. The number of halogens is 1. The second kappa shape index (κ2) is 6.01. The highest BCUT2D eigenvalue weighted by Crippen LogP contribution is 2.12. The van der Waals surface area contributed by atoms with Gasteiger partial charge in [0.1, 0.15) is 5.83 Å². The lowest BCUT2D eigenvalue weighted by atomic mass is 10.1. The minimum absolute atomic E-state index is 0.345. The predicted octanol–water partition coefficient (Wildman–Crippen LogP) is 3.92. The molecule has 1 aromatic heterocycles. The molecule has 0 aliphatic carbocycles. The van der Waals surface area contributed by atoms with Gasteiger partial charge in [0.05, 0.1) is 0 Å². The van der Waals surface area contributed by atoms with Gasteiger partial charge in [-0.1, -0.05) is 24.8 Å². The molecule has 1 aromatic rings. The number of hydrogen-bond acceptors (Lipinski definition) is 1. The van der Waals surface area contributed by atoms with Gasteiger partial charge in [-0.25, -0.2) is 4.39 Å². The average molecular weight is 217 g/mol. The molecule has 0 saturated carbocycles. The van der Waals surface area contributed by atoms with Crippen LogP contribution >= 0.6 is 0 Å². The molecule has 84 valence electrons. The minimum Gasteiger partial charge on any atom is -0.261 e. The minimum atomic E-state index is -0.345. The fraction of sp³-hybridized carbons (Fsp3) is 0.214. The molecule has 0 bridgehead atoms. The van der Waals surface area contributed by atoms with Gasteiger partial charge in [-0.2, -0.15) is 0 Å². The van der Waals surface area contributed by atoms with Crippen molar-refractivity contribution in [1.82, 2.24) is 4.98 Å². The highest BCUT2D eigenvalue weighted by molar-refractivity contribution is 5.25. The summed E-state index contributed by atoms with van der Waals surface area (Å²) in [7, 11) is 0. The Hall–Kier alpha value is -1.70. The maximum atomic E-state index is 12.9. The van der Waals surface area contributed by atoms with Crippen LogP contribution < -0.4 is 0 Å². The molecule has 0 aromatic carbocycles. The Morgan fingerprint density at radius 2 is 2.31 bits per heavy atom. The first-order chi connectivity index (χ1) is 7.63. The topological polar surface area (TPSA) is 12.9 Å². The Morgan fingerprint density at radius 1 is 1.56 bits per heavy atom. The van der Waals surface area contributed by atoms with Crippen molar-refractivity contribution in [2.45, 2.75) is 19.8 Å². The van der Waals surface area contributed by atoms with Crippen LogP contribution in [-0.4, -0.2) is 4.98 Å². The van der Waals surface area contributed by atoms with E-state index in [0.29, 0.717) is 6.42 Å². The lowest BCUT2D eigenvalue weighted by Gasteiger charge is -2.04. The van der Waals surface area contributed by atoms with Crippen molar-refractivity contribution >= 4 is 0 Å². The van der Waals surface area contributed by atoms with E-state index in [9.17, 15) is 4.39 Å². The van der Waals surface area contributed by atoms with E-state index >= 15 is 0 Å². The van der Waals surface area contributed by atoms with Crippen molar-refractivity contribution < 1.29 is 4.39 Å². The molecule has 0 aliphatic heterocycles. The first kappa shape index (κ1) is 12.4. The molecule has 0 amide bonds. The van der Waals surface area contributed by atoms with Crippen LogP contribution in [0.1, 0.15) is 17.7 Å². The Bertz CT molecular complexity index is 418. The molecule has 1 heterocycles. The Morgan fingerprint density at radius 3 is 2.94 bits per heavy atom. The number of pyridine rings is 1. The molecule has 0 atom stereocenters. The van der Waals surface area contributed by atoms with Gasteiger partial charge in [0.2, 0.25) is 0 Å². The normalized spacial score (nSPS) is 11.2. The van der Waals surface area contributed by atoms with E-state index in [1.54, 1.807) is 6.20 Å². The monoisotopic (exact) mass is 217 g/mol. The van der Waals surface area contributed by atoms with Crippen molar-refractivity contribution in [2.24, 2.45) is 0 Å². The molecule has 0 saturated heterocycles.